The van der Waals surface area contributed by atoms with Crippen LogP contribution in [0.3, 0.4) is 0 Å². The van der Waals surface area contributed by atoms with E-state index >= 15 is 0 Å². The van der Waals surface area contributed by atoms with Gasteiger partial charge in [-0.1, -0.05) is 18.2 Å². The zero-order valence-electron chi connectivity index (χ0n) is 8.47. The van der Waals surface area contributed by atoms with Crippen molar-refractivity contribution >= 4 is 17.7 Å². The first-order valence-corrected chi connectivity index (χ1v) is 6.13. The Morgan fingerprint density at radius 3 is 3.07 bits per heavy atom. The molecule has 15 heavy (non-hydrogen) atoms. The molecule has 1 fully saturated rings. The predicted octanol–water partition coefficient (Wildman–Crippen LogP) is 2.44. The summed E-state index contributed by atoms with van der Waals surface area (Å²) in [6.07, 6.45) is 0. The summed E-state index contributed by atoms with van der Waals surface area (Å²) in [6.45, 7) is 2.35. The maximum absolute atomic E-state index is 11.6. The molecule has 1 aromatic rings. The Bertz CT molecular complexity index is 416. The number of hydrogen-bond donors (Lipinski definition) is 0. The van der Waals surface area contributed by atoms with E-state index in [0.717, 1.165) is 0 Å². The van der Waals surface area contributed by atoms with Crippen molar-refractivity contribution in [3.63, 3.8) is 0 Å². The lowest BCUT2D eigenvalue weighted by Crippen LogP contribution is -2.09. The van der Waals surface area contributed by atoms with Crippen molar-refractivity contribution in [2.45, 2.75) is 23.0 Å². The minimum absolute atomic E-state index is 0.0190. The molecule has 0 bridgehead atoms. The van der Waals surface area contributed by atoms with Crippen molar-refractivity contribution in [1.82, 2.24) is 0 Å². The molecule has 3 atom stereocenters. The van der Waals surface area contributed by atoms with Crippen LogP contribution in [0.4, 0.5) is 0 Å². The minimum Gasteiger partial charge on any atom is -0.466 e. The van der Waals surface area contributed by atoms with E-state index in [-0.39, 0.29) is 11.9 Å². The molecule has 1 aliphatic heterocycles. The van der Waals surface area contributed by atoms with E-state index in [9.17, 15) is 4.79 Å². The van der Waals surface area contributed by atoms with Gasteiger partial charge in [0.1, 0.15) is 0 Å². The molecule has 3 rings (SSSR count). The third kappa shape index (κ3) is 1.29. The van der Waals surface area contributed by atoms with Crippen LogP contribution in [0.5, 0.6) is 0 Å². The van der Waals surface area contributed by atoms with Crippen molar-refractivity contribution in [1.29, 1.82) is 0 Å². The summed E-state index contributed by atoms with van der Waals surface area (Å²) in [5.74, 6) is 0.518. The van der Waals surface area contributed by atoms with Crippen molar-refractivity contribution in [2.24, 2.45) is 5.92 Å². The molecular weight excluding hydrogens is 208 g/mol. The molecule has 2 nitrogen and oxygen atoms in total. The molecule has 3 heteroatoms. The van der Waals surface area contributed by atoms with Gasteiger partial charge < -0.3 is 4.74 Å². The quantitative estimate of drug-likeness (QED) is 0.716. The second-order valence-corrected chi connectivity index (χ2v) is 5.14. The number of carbonyl (C=O) groups is 1. The summed E-state index contributed by atoms with van der Waals surface area (Å²) >= 11 is 1.83. The molecular formula is C12H12O2S. The molecule has 0 amide bonds. The Morgan fingerprint density at radius 1 is 1.47 bits per heavy atom. The maximum Gasteiger partial charge on any atom is 0.310 e. The monoisotopic (exact) mass is 220 g/mol. The highest BCUT2D eigenvalue weighted by atomic mass is 32.2. The molecule has 1 saturated carbocycles. The lowest BCUT2D eigenvalue weighted by Gasteiger charge is -2.05. The maximum atomic E-state index is 11.6. The first-order chi connectivity index (χ1) is 7.33. The third-order valence-electron chi connectivity index (χ3n) is 3.05. The van der Waals surface area contributed by atoms with Crippen LogP contribution in [0, 0.1) is 5.92 Å². The highest BCUT2D eigenvalue weighted by Crippen LogP contribution is 2.64. The van der Waals surface area contributed by atoms with Crippen molar-refractivity contribution in [2.75, 3.05) is 6.61 Å². The molecule has 0 N–H and O–H groups in total. The Morgan fingerprint density at radius 2 is 2.27 bits per heavy atom. The summed E-state index contributed by atoms with van der Waals surface area (Å²) in [5.41, 5.74) is 1.34. The molecule has 0 radical (unpaired) electrons. The van der Waals surface area contributed by atoms with E-state index in [1.807, 2.05) is 24.8 Å². The number of rotatable bonds is 2. The van der Waals surface area contributed by atoms with E-state index in [4.69, 9.17) is 4.74 Å². The predicted molar refractivity (Wildman–Crippen MR) is 59.0 cm³/mol. The van der Waals surface area contributed by atoms with Gasteiger partial charge in [-0.15, -0.1) is 11.8 Å². The molecule has 1 heterocycles. The van der Waals surface area contributed by atoms with Crippen LogP contribution in [-0.2, 0) is 9.53 Å². The van der Waals surface area contributed by atoms with Crippen molar-refractivity contribution in [3.05, 3.63) is 29.8 Å². The standard InChI is InChI=1S/C12H12O2S/c1-2-14-12(13)10-9-7-5-3-4-6-8(7)15-11(9)10/h3-6,9-11H,2H2,1H3. The SMILES string of the molecule is CCOC(=O)C1C2Sc3ccccc3C21. The van der Waals surface area contributed by atoms with E-state index in [0.29, 0.717) is 17.8 Å². The van der Waals surface area contributed by atoms with Crippen LogP contribution in [0.15, 0.2) is 29.2 Å². The number of hydrogen-bond acceptors (Lipinski definition) is 3. The average molecular weight is 220 g/mol. The summed E-state index contributed by atoms with van der Waals surface area (Å²) < 4.78 is 5.06. The summed E-state index contributed by atoms with van der Waals surface area (Å²) in [4.78, 5) is 12.9. The van der Waals surface area contributed by atoms with Crippen LogP contribution in [0.1, 0.15) is 18.4 Å². The van der Waals surface area contributed by atoms with E-state index < -0.39 is 0 Å². The van der Waals surface area contributed by atoms with Gasteiger partial charge in [-0.2, -0.15) is 0 Å². The van der Waals surface area contributed by atoms with Crippen LogP contribution >= 0.6 is 11.8 Å². The van der Waals surface area contributed by atoms with Gasteiger partial charge in [0.25, 0.3) is 0 Å². The van der Waals surface area contributed by atoms with E-state index in [1.54, 1.807) is 0 Å². The topological polar surface area (TPSA) is 26.3 Å². The Kier molecular flexibility index (Phi) is 2.02. The summed E-state index contributed by atoms with van der Waals surface area (Å²) in [6, 6.07) is 8.36. The van der Waals surface area contributed by atoms with Crippen LogP contribution in [0.25, 0.3) is 0 Å². The lowest BCUT2D eigenvalue weighted by molar-refractivity contribution is -0.144. The van der Waals surface area contributed by atoms with Gasteiger partial charge in [-0.05, 0) is 18.6 Å². The van der Waals surface area contributed by atoms with Crippen LogP contribution in [0.2, 0.25) is 0 Å². The molecule has 2 aliphatic rings. The number of fused-ring (bicyclic) bond motifs is 3. The average Bonchev–Trinajstić information content (AvgIpc) is 2.83. The molecule has 0 spiro atoms. The lowest BCUT2D eigenvalue weighted by atomic mass is 10.1. The van der Waals surface area contributed by atoms with Gasteiger partial charge in [0.15, 0.2) is 0 Å². The fourth-order valence-corrected chi connectivity index (χ4v) is 3.92. The largest absolute Gasteiger partial charge is 0.466 e. The summed E-state index contributed by atoms with van der Waals surface area (Å²) in [7, 11) is 0. The van der Waals surface area contributed by atoms with E-state index in [1.165, 1.54) is 10.5 Å². The molecule has 1 aliphatic carbocycles. The zero-order valence-corrected chi connectivity index (χ0v) is 9.29. The number of benzene rings is 1. The first kappa shape index (κ1) is 9.28. The number of thioether (sulfide) groups is 1. The highest BCUT2D eigenvalue weighted by Gasteiger charge is 2.61. The van der Waals surface area contributed by atoms with Gasteiger partial charge in [0.05, 0.1) is 12.5 Å². The Hall–Kier alpha value is -0.960. The second kappa shape index (κ2) is 3.27. The number of carbonyl (C=O) groups excluding carboxylic acids is 1. The van der Waals surface area contributed by atoms with Gasteiger partial charge in [-0.3, -0.25) is 4.79 Å². The third-order valence-corrected chi connectivity index (χ3v) is 4.54. The normalized spacial score (nSPS) is 30.6. The highest BCUT2D eigenvalue weighted by molar-refractivity contribution is 8.00. The smallest absolute Gasteiger partial charge is 0.310 e. The minimum atomic E-state index is -0.0190. The van der Waals surface area contributed by atoms with Gasteiger partial charge in [-0.25, -0.2) is 0 Å². The molecule has 0 saturated heterocycles. The number of esters is 1. The Balaban J connectivity index is 1.81. The summed E-state index contributed by atoms with van der Waals surface area (Å²) in [5, 5.41) is 0.446. The van der Waals surface area contributed by atoms with Crippen molar-refractivity contribution in [3.8, 4) is 0 Å². The molecule has 0 aromatic heterocycles. The molecule has 3 unspecified atom stereocenters. The fourth-order valence-electron chi connectivity index (χ4n) is 2.33. The van der Waals surface area contributed by atoms with Gasteiger partial charge >= 0.3 is 5.97 Å². The Labute approximate surface area is 93.0 Å². The first-order valence-electron chi connectivity index (χ1n) is 5.25. The molecule has 1 aromatic carbocycles. The van der Waals surface area contributed by atoms with E-state index in [2.05, 4.69) is 18.2 Å². The fraction of sp³-hybridized carbons (Fsp3) is 0.417. The van der Waals surface area contributed by atoms with Gasteiger partial charge in [0.2, 0.25) is 0 Å². The van der Waals surface area contributed by atoms with Crippen molar-refractivity contribution < 1.29 is 9.53 Å². The van der Waals surface area contributed by atoms with Crippen LogP contribution in [-0.4, -0.2) is 17.8 Å². The number of ether oxygens (including phenoxy) is 1. The second-order valence-electron chi connectivity index (χ2n) is 3.92. The van der Waals surface area contributed by atoms with Gasteiger partial charge in [0, 0.05) is 16.1 Å². The zero-order chi connectivity index (χ0) is 10.4. The molecule has 78 valence electrons. The van der Waals surface area contributed by atoms with Crippen LogP contribution < -0.4 is 0 Å².